The molecule has 3 aromatic rings. The first-order valence-electron chi connectivity index (χ1n) is 9.38. The van der Waals surface area contributed by atoms with E-state index in [1.165, 1.54) is 11.1 Å². The first kappa shape index (κ1) is 19.4. The van der Waals surface area contributed by atoms with Gasteiger partial charge in [-0.05, 0) is 61.5 Å². The monoisotopic (exact) mass is 358 g/mol. The summed E-state index contributed by atoms with van der Waals surface area (Å²) < 4.78 is 6.14. The highest BCUT2D eigenvalue weighted by Gasteiger charge is 2.35. The molecule has 0 aliphatic carbocycles. The van der Waals surface area contributed by atoms with Crippen LogP contribution in [0, 0.1) is 0 Å². The molecule has 3 heteroatoms. The molecule has 2 nitrogen and oxygen atoms in total. The Morgan fingerprint density at radius 2 is 1.26 bits per heavy atom. The van der Waals surface area contributed by atoms with Crippen molar-refractivity contribution in [3.8, 4) is 22.3 Å². The van der Waals surface area contributed by atoms with Crippen molar-refractivity contribution < 1.29 is 9.76 Å². The molecule has 3 rings (SSSR count). The zero-order chi connectivity index (χ0) is 19.5. The largest absolute Gasteiger partial charge is 0.427 e. The fourth-order valence-electron chi connectivity index (χ4n) is 2.83. The van der Waals surface area contributed by atoms with E-state index in [4.69, 9.17) is 4.65 Å². The third kappa shape index (κ3) is 4.49. The van der Waals surface area contributed by atoms with Crippen LogP contribution < -0.4 is 5.46 Å². The molecule has 0 aliphatic heterocycles. The van der Waals surface area contributed by atoms with E-state index in [0.717, 1.165) is 16.6 Å². The summed E-state index contributed by atoms with van der Waals surface area (Å²) in [7, 11) is 0.441. The Balaban J connectivity index is 1.98. The first-order valence-corrected chi connectivity index (χ1v) is 9.38. The van der Waals surface area contributed by atoms with Crippen LogP contribution in [0.2, 0.25) is 0 Å². The minimum atomic E-state index is -0.927. The Hall–Kier alpha value is -2.36. The Bertz CT molecular complexity index is 881. The van der Waals surface area contributed by atoms with E-state index in [1.807, 2.05) is 26.0 Å². The fraction of sp³-hybridized carbons (Fsp3) is 0.250. The second-order valence-electron chi connectivity index (χ2n) is 7.96. The third-order valence-electron chi connectivity index (χ3n) is 5.36. The van der Waals surface area contributed by atoms with E-state index >= 15 is 0 Å². The van der Waals surface area contributed by atoms with Gasteiger partial charge in [0.15, 0.2) is 0 Å². The molecule has 1 N–H and O–H groups in total. The minimum Gasteiger partial charge on any atom is -0.427 e. The second-order valence-corrected chi connectivity index (χ2v) is 7.96. The first-order chi connectivity index (χ1) is 12.8. The average Bonchev–Trinajstić information content (AvgIpc) is 2.67. The molecule has 0 atom stereocenters. The average molecular weight is 358 g/mol. The van der Waals surface area contributed by atoms with E-state index in [-0.39, 0.29) is 0 Å². The molecule has 0 radical (unpaired) electrons. The lowest BCUT2D eigenvalue weighted by Gasteiger charge is -2.37. The lowest BCUT2D eigenvalue weighted by Crippen LogP contribution is -2.49. The molecule has 27 heavy (non-hydrogen) atoms. The molecule has 0 spiro atoms. The van der Waals surface area contributed by atoms with Crippen molar-refractivity contribution in [2.45, 2.75) is 38.9 Å². The quantitative estimate of drug-likeness (QED) is 0.655. The van der Waals surface area contributed by atoms with Crippen molar-refractivity contribution in [1.29, 1.82) is 0 Å². The van der Waals surface area contributed by atoms with Gasteiger partial charge in [0.1, 0.15) is 0 Å². The highest BCUT2D eigenvalue weighted by molar-refractivity contribution is 6.49. The molecular weight excluding hydrogens is 331 g/mol. The van der Waals surface area contributed by atoms with E-state index in [2.05, 4.69) is 66.7 Å². The van der Waals surface area contributed by atoms with Crippen molar-refractivity contribution in [1.82, 2.24) is 0 Å². The van der Waals surface area contributed by atoms with E-state index in [1.54, 1.807) is 13.8 Å². The maximum Gasteiger partial charge on any atom is 0.310 e. The van der Waals surface area contributed by atoms with Crippen LogP contribution in [0.25, 0.3) is 22.3 Å². The van der Waals surface area contributed by atoms with Gasteiger partial charge < -0.3 is 9.76 Å². The fourth-order valence-corrected chi connectivity index (χ4v) is 2.83. The van der Waals surface area contributed by atoms with Gasteiger partial charge in [-0.1, -0.05) is 72.8 Å². The Morgan fingerprint density at radius 1 is 0.704 bits per heavy atom. The maximum absolute atomic E-state index is 10.4. The smallest absolute Gasteiger partial charge is 0.310 e. The van der Waals surface area contributed by atoms with Crippen molar-refractivity contribution >= 4 is 12.9 Å². The zero-order valence-corrected chi connectivity index (χ0v) is 16.6. The van der Waals surface area contributed by atoms with Gasteiger partial charge in [0.05, 0.1) is 11.2 Å². The van der Waals surface area contributed by atoms with E-state index < -0.39 is 11.2 Å². The lowest BCUT2D eigenvalue weighted by atomic mass is 9.78. The number of rotatable bonds is 6. The summed E-state index contributed by atoms with van der Waals surface area (Å²) in [5.41, 5.74) is 4.22. The highest BCUT2D eigenvalue weighted by atomic mass is 16.5. The van der Waals surface area contributed by atoms with Crippen LogP contribution in [0.4, 0.5) is 0 Å². The number of hydrogen-bond acceptors (Lipinski definition) is 2. The van der Waals surface area contributed by atoms with Gasteiger partial charge in [-0.25, -0.2) is 0 Å². The SMILES string of the molecule is CC(C)(O)C(C)(C)OBc1ccc(-c2ccccc2)cc1-c1ccccc1. The van der Waals surface area contributed by atoms with E-state index in [9.17, 15) is 5.11 Å². The Labute approximate surface area is 163 Å². The third-order valence-corrected chi connectivity index (χ3v) is 5.36. The van der Waals surface area contributed by atoms with Gasteiger partial charge >= 0.3 is 7.48 Å². The number of hydrogen-bond donors (Lipinski definition) is 1. The Morgan fingerprint density at radius 3 is 1.81 bits per heavy atom. The summed E-state index contributed by atoms with van der Waals surface area (Å²) in [5.74, 6) is 0. The molecule has 0 amide bonds. The molecular formula is C24H27BO2. The number of aliphatic hydroxyl groups is 1. The van der Waals surface area contributed by atoms with Crippen LogP contribution in [0.1, 0.15) is 27.7 Å². The Kier molecular flexibility index (Phi) is 5.55. The molecule has 3 aromatic carbocycles. The highest BCUT2D eigenvalue weighted by Crippen LogP contribution is 2.27. The molecule has 0 heterocycles. The van der Waals surface area contributed by atoms with Gasteiger partial charge in [-0.3, -0.25) is 0 Å². The predicted molar refractivity (Wildman–Crippen MR) is 116 cm³/mol. The van der Waals surface area contributed by atoms with Crippen LogP contribution in [0.5, 0.6) is 0 Å². The maximum atomic E-state index is 10.4. The van der Waals surface area contributed by atoms with Crippen LogP contribution in [-0.4, -0.2) is 23.8 Å². The van der Waals surface area contributed by atoms with Crippen LogP contribution in [0.3, 0.4) is 0 Å². The summed E-state index contributed by atoms with van der Waals surface area (Å²) in [6.45, 7) is 7.41. The lowest BCUT2D eigenvalue weighted by molar-refractivity contribution is -0.0893. The topological polar surface area (TPSA) is 29.5 Å². The van der Waals surface area contributed by atoms with Crippen LogP contribution in [0.15, 0.2) is 78.9 Å². The predicted octanol–water partition coefficient (Wildman–Crippen LogP) is 4.56. The summed E-state index contributed by atoms with van der Waals surface area (Å²) in [6.07, 6.45) is 0. The van der Waals surface area contributed by atoms with Gasteiger partial charge in [-0.15, -0.1) is 0 Å². The number of benzene rings is 3. The van der Waals surface area contributed by atoms with Crippen molar-refractivity contribution in [2.24, 2.45) is 0 Å². The van der Waals surface area contributed by atoms with E-state index in [0.29, 0.717) is 7.48 Å². The van der Waals surface area contributed by atoms with Crippen molar-refractivity contribution in [3.05, 3.63) is 78.9 Å². The summed E-state index contributed by atoms with van der Waals surface area (Å²) >= 11 is 0. The van der Waals surface area contributed by atoms with Gasteiger partial charge in [0.25, 0.3) is 0 Å². The molecule has 0 unspecified atom stereocenters. The van der Waals surface area contributed by atoms with Crippen molar-refractivity contribution in [2.75, 3.05) is 0 Å². The van der Waals surface area contributed by atoms with Crippen LogP contribution >= 0.6 is 0 Å². The summed E-state index contributed by atoms with van der Waals surface area (Å²) in [6, 6.07) is 27.2. The molecule has 0 bridgehead atoms. The molecule has 0 saturated heterocycles. The zero-order valence-electron chi connectivity index (χ0n) is 16.6. The summed E-state index contributed by atoms with van der Waals surface area (Å²) in [4.78, 5) is 0. The van der Waals surface area contributed by atoms with Crippen molar-refractivity contribution in [3.63, 3.8) is 0 Å². The molecule has 0 fully saturated rings. The molecule has 0 aliphatic rings. The second kappa shape index (κ2) is 7.71. The molecule has 0 saturated carbocycles. The standard InChI is InChI=1S/C24H27BO2/c1-23(2,26)24(3,4)27-25-22-16-15-20(18-11-7-5-8-12-18)17-21(22)19-13-9-6-10-14-19/h5-17,25-26H,1-4H3. The minimum absolute atomic E-state index is 0.441. The normalized spacial score (nSPS) is 12.0. The van der Waals surface area contributed by atoms with Gasteiger partial charge in [-0.2, -0.15) is 0 Å². The molecule has 0 aromatic heterocycles. The van der Waals surface area contributed by atoms with Gasteiger partial charge in [0.2, 0.25) is 0 Å². The molecule has 138 valence electrons. The van der Waals surface area contributed by atoms with Gasteiger partial charge in [0, 0.05) is 0 Å². The summed E-state index contributed by atoms with van der Waals surface area (Å²) in [5, 5.41) is 10.4. The van der Waals surface area contributed by atoms with Crippen LogP contribution in [-0.2, 0) is 4.65 Å².